The van der Waals surface area contributed by atoms with Crippen molar-refractivity contribution in [3.8, 4) is 0 Å². The number of nitrogens with one attached hydrogen (secondary N) is 1. The Bertz CT molecular complexity index is 479. The Labute approximate surface area is 122 Å². The van der Waals surface area contributed by atoms with Gasteiger partial charge in [-0.05, 0) is 37.5 Å². The van der Waals surface area contributed by atoms with Crippen molar-refractivity contribution in [2.24, 2.45) is 18.9 Å². The van der Waals surface area contributed by atoms with Crippen molar-refractivity contribution < 1.29 is 13.2 Å². The third-order valence-electron chi connectivity index (χ3n) is 4.79. The van der Waals surface area contributed by atoms with Crippen LogP contribution in [0.25, 0.3) is 0 Å². The van der Waals surface area contributed by atoms with Crippen LogP contribution in [0, 0.1) is 11.8 Å². The zero-order valence-electron chi connectivity index (χ0n) is 12.2. The average Bonchev–Trinajstić information content (AvgIpc) is 3.18. The lowest BCUT2D eigenvalue weighted by Gasteiger charge is -2.33. The highest BCUT2D eigenvalue weighted by Gasteiger charge is 2.44. The summed E-state index contributed by atoms with van der Waals surface area (Å²) in [5.74, 6) is 1.40. The Balaban J connectivity index is 1.69. The van der Waals surface area contributed by atoms with Gasteiger partial charge in [0.2, 0.25) is 0 Å². The molecule has 1 heterocycles. The summed E-state index contributed by atoms with van der Waals surface area (Å²) in [6.45, 7) is 0. The fraction of sp³-hybridized carbons (Fsp3) is 0.800. The Kier molecular flexibility index (Phi) is 3.99. The molecule has 0 spiro atoms. The summed E-state index contributed by atoms with van der Waals surface area (Å²) in [4.78, 5) is 0. The molecular formula is C15H22F3N3. The van der Waals surface area contributed by atoms with Crippen LogP contribution in [0.15, 0.2) is 12.4 Å². The second kappa shape index (κ2) is 5.63. The van der Waals surface area contributed by atoms with Crippen molar-refractivity contribution >= 4 is 0 Å². The predicted molar refractivity (Wildman–Crippen MR) is 73.6 cm³/mol. The van der Waals surface area contributed by atoms with E-state index in [9.17, 15) is 13.2 Å². The lowest BCUT2D eigenvalue weighted by molar-refractivity contribution is -0.160. The molecule has 2 fully saturated rings. The molecule has 0 unspecified atom stereocenters. The van der Waals surface area contributed by atoms with Gasteiger partial charge in [-0.3, -0.25) is 10.00 Å². The predicted octanol–water partition coefficient (Wildman–Crippen LogP) is 3.58. The van der Waals surface area contributed by atoms with E-state index in [-0.39, 0.29) is 11.6 Å². The largest absolute Gasteiger partial charge is 0.408 e. The highest BCUT2D eigenvalue weighted by atomic mass is 19.4. The molecule has 2 aliphatic rings. The topological polar surface area (TPSA) is 29.9 Å². The van der Waals surface area contributed by atoms with Crippen molar-refractivity contribution in [3.63, 3.8) is 0 Å². The Morgan fingerprint density at radius 3 is 2.57 bits per heavy atom. The third kappa shape index (κ3) is 3.59. The molecule has 0 radical (unpaired) electrons. The minimum Gasteiger partial charge on any atom is -0.300 e. The van der Waals surface area contributed by atoms with Crippen LogP contribution >= 0.6 is 0 Å². The molecule has 1 aromatic rings. The number of aromatic nitrogens is 2. The van der Waals surface area contributed by atoms with E-state index in [4.69, 9.17) is 0 Å². The van der Waals surface area contributed by atoms with Crippen molar-refractivity contribution in [1.29, 1.82) is 0 Å². The van der Waals surface area contributed by atoms with Crippen LogP contribution in [0.5, 0.6) is 0 Å². The second-order valence-electron chi connectivity index (χ2n) is 6.55. The van der Waals surface area contributed by atoms with Crippen LogP contribution < -0.4 is 5.32 Å². The number of rotatable bonds is 4. The van der Waals surface area contributed by atoms with E-state index in [1.54, 1.807) is 7.05 Å². The Hall–Kier alpha value is -1.04. The van der Waals surface area contributed by atoms with Gasteiger partial charge < -0.3 is 0 Å². The lowest BCUT2D eigenvalue weighted by atomic mass is 9.82. The summed E-state index contributed by atoms with van der Waals surface area (Å²) in [5.41, 5.74) is 0.207. The summed E-state index contributed by atoms with van der Waals surface area (Å²) >= 11 is 0. The molecule has 118 valence electrons. The quantitative estimate of drug-likeness (QED) is 0.921. The molecule has 3 nitrogen and oxygen atoms in total. The number of hydrogen-bond donors (Lipinski definition) is 1. The molecule has 21 heavy (non-hydrogen) atoms. The molecule has 0 amide bonds. The van der Waals surface area contributed by atoms with E-state index in [0.29, 0.717) is 5.92 Å². The number of nitrogens with zero attached hydrogens (tertiary/aromatic N) is 2. The zero-order chi connectivity index (χ0) is 15.0. The summed E-state index contributed by atoms with van der Waals surface area (Å²) in [6, 6.07) is -1.63. The number of hydrogen-bond acceptors (Lipinski definition) is 2. The number of alkyl halides is 3. The maximum Gasteiger partial charge on any atom is 0.408 e. The second-order valence-corrected chi connectivity index (χ2v) is 6.55. The van der Waals surface area contributed by atoms with Gasteiger partial charge in [-0.15, -0.1) is 0 Å². The van der Waals surface area contributed by atoms with Gasteiger partial charge in [0.1, 0.15) is 6.04 Å². The molecule has 6 heteroatoms. The van der Waals surface area contributed by atoms with Gasteiger partial charge in [0.25, 0.3) is 0 Å². The van der Waals surface area contributed by atoms with Crippen LogP contribution in [0.4, 0.5) is 13.2 Å². The van der Waals surface area contributed by atoms with E-state index in [2.05, 4.69) is 10.4 Å². The van der Waals surface area contributed by atoms with Crippen molar-refractivity contribution in [1.82, 2.24) is 15.1 Å². The van der Waals surface area contributed by atoms with Gasteiger partial charge in [-0.1, -0.05) is 12.8 Å². The minimum absolute atomic E-state index is 0.0313. The molecule has 1 N–H and O–H groups in total. The van der Waals surface area contributed by atoms with Gasteiger partial charge >= 0.3 is 6.18 Å². The van der Waals surface area contributed by atoms with E-state index >= 15 is 0 Å². The van der Waals surface area contributed by atoms with Crippen LogP contribution in [0.2, 0.25) is 0 Å². The zero-order valence-corrected chi connectivity index (χ0v) is 12.2. The fourth-order valence-corrected chi connectivity index (χ4v) is 3.58. The monoisotopic (exact) mass is 301 g/mol. The van der Waals surface area contributed by atoms with E-state index < -0.39 is 12.2 Å². The van der Waals surface area contributed by atoms with E-state index in [1.807, 2.05) is 0 Å². The minimum atomic E-state index is -4.28. The number of halogens is 3. The first-order valence-corrected chi connectivity index (χ1v) is 7.75. The highest BCUT2D eigenvalue weighted by molar-refractivity contribution is 5.13. The average molecular weight is 301 g/mol. The first-order chi connectivity index (χ1) is 9.93. The molecule has 2 saturated carbocycles. The molecule has 0 bridgehead atoms. The molecule has 0 saturated heterocycles. The number of aryl methyl sites for hydroxylation is 1. The molecule has 3 atom stereocenters. The molecular weight excluding hydrogens is 279 g/mol. The molecule has 3 rings (SSSR count). The normalized spacial score (nSPS) is 28.6. The Morgan fingerprint density at radius 1 is 1.24 bits per heavy atom. The van der Waals surface area contributed by atoms with Gasteiger partial charge in [0.15, 0.2) is 0 Å². The van der Waals surface area contributed by atoms with Crippen molar-refractivity contribution in [3.05, 3.63) is 18.0 Å². The van der Waals surface area contributed by atoms with Crippen LogP contribution in [-0.4, -0.2) is 22.0 Å². The summed E-state index contributed by atoms with van der Waals surface area (Å²) in [6.07, 6.45) is 4.97. The fourth-order valence-electron chi connectivity index (χ4n) is 3.58. The van der Waals surface area contributed by atoms with Gasteiger partial charge in [0.05, 0.1) is 6.20 Å². The highest BCUT2D eigenvalue weighted by Crippen LogP contribution is 2.44. The van der Waals surface area contributed by atoms with Gasteiger partial charge in [-0.2, -0.15) is 18.3 Å². The van der Waals surface area contributed by atoms with Crippen LogP contribution in [0.3, 0.4) is 0 Å². The molecule has 1 aromatic heterocycles. The molecule has 0 aliphatic heterocycles. The van der Waals surface area contributed by atoms with Crippen molar-refractivity contribution in [2.45, 2.75) is 56.8 Å². The third-order valence-corrected chi connectivity index (χ3v) is 4.79. The van der Waals surface area contributed by atoms with E-state index in [0.717, 1.165) is 25.2 Å². The standard InChI is InChI=1S/C15H22F3N3/c1-21-9-12(8-19-21)14(15(16,17)18)20-13-4-2-3-11(7-13)10-5-6-10/h8-11,13-14,20H,2-7H2,1H3/t11-,13+,14-/m0/s1. The van der Waals surface area contributed by atoms with Gasteiger partial charge in [0, 0.05) is 24.8 Å². The van der Waals surface area contributed by atoms with Crippen molar-refractivity contribution in [2.75, 3.05) is 0 Å². The maximum absolute atomic E-state index is 13.3. The van der Waals surface area contributed by atoms with E-state index in [1.165, 1.54) is 36.3 Å². The SMILES string of the molecule is Cn1cc([C@H](N[C@@H]2CCC[C@H](C3CC3)C2)C(F)(F)F)cn1. The Morgan fingerprint density at radius 2 is 2.00 bits per heavy atom. The van der Waals surface area contributed by atoms with Crippen LogP contribution in [0.1, 0.15) is 50.1 Å². The first kappa shape index (κ1) is 14.9. The first-order valence-electron chi connectivity index (χ1n) is 7.75. The smallest absolute Gasteiger partial charge is 0.300 e. The molecule has 2 aliphatic carbocycles. The summed E-state index contributed by atoms with van der Waals surface area (Å²) < 4.78 is 41.4. The summed E-state index contributed by atoms with van der Waals surface area (Å²) in [7, 11) is 1.64. The van der Waals surface area contributed by atoms with Gasteiger partial charge in [-0.25, -0.2) is 0 Å². The lowest BCUT2D eigenvalue weighted by Crippen LogP contribution is -2.43. The summed E-state index contributed by atoms with van der Waals surface area (Å²) in [5, 5.41) is 6.73. The maximum atomic E-state index is 13.3. The van der Waals surface area contributed by atoms with Crippen LogP contribution in [-0.2, 0) is 7.05 Å². The molecule has 0 aromatic carbocycles.